The summed E-state index contributed by atoms with van der Waals surface area (Å²) in [6.07, 6.45) is 3.17. The Morgan fingerprint density at radius 1 is 1.19 bits per heavy atom. The number of nitrogens with two attached hydrogens (primary N) is 1. The summed E-state index contributed by atoms with van der Waals surface area (Å²) < 4.78 is 40.4. The molecule has 21 heavy (non-hydrogen) atoms. The summed E-state index contributed by atoms with van der Waals surface area (Å²) in [5, 5.41) is 0. The Kier molecular flexibility index (Phi) is 3.90. The van der Waals surface area contributed by atoms with Gasteiger partial charge in [0.1, 0.15) is 10.7 Å². The van der Waals surface area contributed by atoms with Crippen LogP contribution in [-0.2, 0) is 10.0 Å². The highest BCUT2D eigenvalue weighted by molar-refractivity contribution is 7.89. The number of nitrogens with zero attached hydrogens (tertiary/aromatic N) is 2. The molecule has 0 aliphatic carbocycles. The Balaban J connectivity index is 1.79. The maximum atomic E-state index is 13.9. The van der Waals surface area contributed by atoms with Gasteiger partial charge in [0.25, 0.3) is 0 Å². The molecule has 116 valence electrons. The van der Waals surface area contributed by atoms with Gasteiger partial charge >= 0.3 is 0 Å². The molecule has 2 N–H and O–H groups in total. The van der Waals surface area contributed by atoms with Gasteiger partial charge in [-0.1, -0.05) is 0 Å². The highest BCUT2D eigenvalue weighted by atomic mass is 32.2. The highest BCUT2D eigenvalue weighted by Crippen LogP contribution is 2.27. The number of nitrogen functional groups attached to an aromatic ring is 1. The van der Waals surface area contributed by atoms with Crippen LogP contribution in [0.2, 0.25) is 0 Å². The van der Waals surface area contributed by atoms with E-state index in [1.807, 2.05) is 0 Å². The molecule has 0 saturated carbocycles. The van der Waals surface area contributed by atoms with Crippen molar-refractivity contribution in [3.8, 4) is 0 Å². The smallest absolute Gasteiger partial charge is 0.246 e. The number of likely N-dealkylation sites (tertiary alicyclic amines) is 1. The second-order valence-electron chi connectivity index (χ2n) is 5.74. The first-order valence-electron chi connectivity index (χ1n) is 7.28. The van der Waals surface area contributed by atoms with E-state index in [4.69, 9.17) is 5.73 Å². The fourth-order valence-corrected chi connectivity index (χ4v) is 4.74. The van der Waals surface area contributed by atoms with E-state index >= 15 is 0 Å². The number of hydrogen-bond acceptors (Lipinski definition) is 4. The van der Waals surface area contributed by atoms with E-state index in [9.17, 15) is 12.8 Å². The molecule has 2 saturated heterocycles. The molecule has 2 fully saturated rings. The zero-order chi connectivity index (χ0) is 15.0. The Morgan fingerprint density at radius 2 is 1.90 bits per heavy atom. The molecule has 2 aliphatic heterocycles. The average Bonchev–Trinajstić information content (AvgIpc) is 3.09. The summed E-state index contributed by atoms with van der Waals surface area (Å²) in [7, 11) is -3.77. The fraction of sp³-hybridized carbons (Fsp3) is 0.571. The molecule has 0 amide bonds. The lowest BCUT2D eigenvalue weighted by Crippen LogP contribution is -2.37. The number of rotatable bonds is 3. The summed E-state index contributed by atoms with van der Waals surface area (Å²) in [6, 6.07) is 3.99. The van der Waals surface area contributed by atoms with E-state index in [1.165, 1.54) is 29.3 Å². The zero-order valence-corrected chi connectivity index (χ0v) is 12.7. The summed E-state index contributed by atoms with van der Waals surface area (Å²) in [5.74, 6) is -0.778. The van der Waals surface area contributed by atoms with Crippen LogP contribution in [-0.4, -0.2) is 49.8 Å². The van der Waals surface area contributed by atoms with Gasteiger partial charge in [-0.25, -0.2) is 12.8 Å². The summed E-state index contributed by atoms with van der Waals surface area (Å²) in [6.45, 7) is 2.98. The Morgan fingerprint density at radius 3 is 2.57 bits per heavy atom. The lowest BCUT2D eigenvalue weighted by molar-refractivity contribution is 0.251. The van der Waals surface area contributed by atoms with E-state index in [0.717, 1.165) is 25.6 Å². The van der Waals surface area contributed by atoms with Gasteiger partial charge in [-0.05, 0) is 50.6 Å². The number of halogens is 1. The molecule has 1 aromatic rings. The summed E-state index contributed by atoms with van der Waals surface area (Å²) >= 11 is 0. The molecule has 1 unspecified atom stereocenters. The molecule has 1 atom stereocenters. The normalized spacial score (nSPS) is 24.7. The van der Waals surface area contributed by atoms with Gasteiger partial charge in [0.05, 0.1) is 0 Å². The van der Waals surface area contributed by atoms with Gasteiger partial charge in [0.2, 0.25) is 10.0 Å². The molecule has 0 spiro atoms. The Bertz CT molecular complexity index is 629. The minimum atomic E-state index is -3.77. The van der Waals surface area contributed by atoms with Crippen LogP contribution in [0.25, 0.3) is 0 Å². The number of benzene rings is 1. The molecule has 7 heteroatoms. The van der Waals surface area contributed by atoms with E-state index in [-0.39, 0.29) is 16.6 Å². The molecule has 5 nitrogen and oxygen atoms in total. The fourth-order valence-electron chi connectivity index (χ4n) is 3.20. The molecule has 0 radical (unpaired) electrons. The lowest BCUT2D eigenvalue weighted by Gasteiger charge is -2.23. The van der Waals surface area contributed by atoms with E-state index < -0.39 is 15.8 Å². The number of hydrogen-bond donors (Lipinski definition) is 1. The van der Waals surface area contributed by atoms with Crippen LogP contribution in [0.1, 0.15) is 19.3 Å². The third kappa shape index (κ3) is 2.77. The second-order valence-corrected chi connectivity index (χ2v) is 7.64. The standard InChI is InChI=1S/C14H20FN3O2S/c15-13-9-11(16)3-4-14(13)21(19,20)18-8-5-12(10-18)17-6-1-2-7-17/h3-4,9,12H,1-2,5-8,10,16H2. The predicted octanol–water partition coefficient (Wildman–Crippen LogP) is 1.27. The van der Waals surface area contributed by atoms with Crippen molar-refractivity contribution in [2.45, 2.75) is 30.2 Å². The molecule has 1 aromatic carbocycles. The van der Waals surface area contributed by atoms with Crippen LogP contribution < -0.4 is 5.73 Å². The number of anilines is 1. The van der Waals surface area contributed by atoms with Crippen molar-refractivity contribution in [3.05, 3.63) is 24.0 Å². The van der Waals surface area contributed by atoms with Gasteiger partial charge in [0, 0.05) is 24.8 Å². The Labute approximate surface area is 124 Å². The molecular formula is C14H20FN3O2S. The van der Waals surface area contributed by atoms with Crippen molar-refractivity contribution in [1.29, 1.82) is 0 Å². The quantitative estimate of drug-likeness (QED) is 0.853. The van der Waals surface area contributed by atoms with Gasteiger partial charge in [-0.3, -0.25) is 4.90 Å². The van der Waals surface area contributed by atoms with Crippen molar-refractivity contribution < 1.29 is 12.8 Å². The molecule has 3 rings (SSSR count). The van der Waals surface area contributed by atoms with Crippen LogP contribution in [0.5, 0.6) is 0 Å². The van der Waals surface area contributed by atoms with E-state index in [2.05, 4.69) is 4.90 Å². The summed E-state index contributed by atoms with van der Waals surface area (Å²) in [4.78, 5) is 2.06. The van der Waals surface area contributed by atoms with Crippen molar-refractivity contribution in [1.82, 2.24) is 9.21 Å². The van der Waals surface area contributed by atoms with Crippen molar-refractivity contribution in [3.63, 3.8) is 0 Å². The molecule has 0 bridgehead atoms. The van der Waals surface area contributed by atoms with Gasteiger partial charge < -0.3 is 5.73 Å². The second kappa shape index (κ2) is 5.55. The highest BCUT2D eigenvalue weighted by Gasteiger charge is 2.36. The lowest BCUT2D eigenvalue weighted by atomic mass is 10.2. The van der Waals surface area contributed by atoms with E-state index in [0.29, 0.717) is 13.1 Å². The molecule has 2 aliphatic rings. The van der Waals surface area contributed by atoms with Gasteiger partial charge in [-0.15, -0.1) is 0 Å². The first kappa shape index (κ1) is 14.7. The molecule has 0 aromatic heterocycles. The van der Waals surface area contributed by atoms with Crippen LogP contribution in [0.4, 0.5) is 10.1 Å². The SMILES string of the molecule is Nc1ccc(S(=O)(=O)N2CCC(N3CCCC3)C2)c(F)c1. The largest absolute Gasteiger partial charge is 0.399 e. The first-order valence-corrected chi connectivity index (χ1v) is 8.72. The Hall–Kier alpha value is -1.18. The average molecular weight is 313 g/mol. The minimum absolute atomic E-state index is 0.225. The zero-order valence-electron chi connectivity index (χ0n) is 11.8. The predicted molar refractivity (Wildman–Crippen MR) is 78.8 cm³/mol. The van der Waals surface area contributed by atoms with Crippen LogP contribution in [0.15, 0.2) is 23.1 Å². The third-order valence-corrected chi connectivity index (χ3v) is 6.26. The van der Waals surface area contributed by atoms with E-state index in [1.54, 1.807) is 0 Å². The monoisotopic (exact) mass is 313 g/mol. The molecule has 2 heterocycles. The van der Waals surface area contributed by atoms with Crippen LogP contribution in [0.3, 0.4) is 0 Å². The van der Waals surface area contributed by atoms with Crippen LogP contribution >= 0.6 is 0 Å². The van der Waals surface area contributed by atoms with Crippen molar-refractivity contribution in [2.75, 3.05) is 31.9 Å². The maximum Gasteiger partial charge on any atom is 0.246 e. The van der Waals surface area contributed by atoms with Gasteiger partial charge in [0.15, 0.2) is 0 Å². The summed E-state index contributed by atoms with van der Waals surface area (Å²) in [5.41, 5.74) is 5.70. The van der Waals surface area contributed by atoms with Gasteiger partial charge in [-0.2, -0.15) is 4.31 Å². The van der Waals surface area contributed by atoms with Crippen molar-refractivity contribution in [2.24, 2.45) is 0 Å². The van der Waals surface area contributed by atoms with Crippen molar-refractivity contribution >= 4 is 15.7 Å². The first-order chi connectivity index (χ1) is 9.98. The number of sulfonamides is 1. The third-order valence-electron chi connectivity index (χ3n) is 4.36. The maximum absolute atomic E-state index is 13.9. The molecular weight excluding hydrogens is 293 g/mol. The topological polar surface area (TPSA) is 66.6 Å². The van der Waals surface area contributed by atoms with Crippen LogP contribution in [0, 0.1) is 5.82 Å². The minimum Gasteiger partial charge on any atom is -0.399 e.